The van der Waals surface area contributed by atoms with E-state index in [1.165, 1.54) is 17.4 Å². The molecule has 1 aromatic heterocycles. The Balaban J connectivity index is 1.45. The van der Waals surface area contributed by atoms with E-state index in [-0.39, 0.29) is 17.7 Å². The maximum Gasteiger partial charge on any atom is 0.291 e. The maximum absolute atomic E-state index is 12.7. The fourth-order valence-electron chi connectivity index (χ4n) is 3.16. The maximum atomic E-state index is 12.7. The molecular weight excluding hydrogens is 378 g/mol. The molecule has 6 nitrogen and oxygen atoms in total. The highest BCUT2D eigenvalue weighted by Crippen LogP contribution is 2.26. The van der Waals surface area contributed by atoms with Crippen LogP contribution >= 0.6 is 11.6 Å². The minimum Gasteiger partial charge on any atom is -0.459 e. The van der Waals surface area contributed by atoms with Crippen molar-refractivity contribution in [1.82, 2.24) is 5.32 Å². The molecule has 0 radical (unpaired) electrons. The fourth-order valence-corrected chi connectivity index (χ4v) is 3.32. The quantitative estimate of drug-likeness (QED) is 0.626. The molecule has 0 saturated heterocycles. The standard InChI is InChI=1S/C21H18ClN3O3/c22-16-8-7-15(11-17(16)25-21(27)19-6-3-9-28-19)24-20(26)18-10-13-4-1-2-5-14(13)12-23-18/h1-9,11,18,23H,10,12H2,(H,24,26)(H,25,27)/t18-/m1/s1. The van der Waals surface area contributed by atoms with Crippen molar-refractivity contribution >= 4 is 34.8 Å². The van der Waals surface area contributed by atoms with Crippen molar-refractivity contribution in [2.45, 2.75) is 19.0 Å². The van der Waals surface area contributed by atoms with Gasteiger partial charge in [-0.1, -0.05) is 35.9 Å². The van der Waals surface area contributed by atoms with E-state index < -0.39 is 5.91 Å². The summed E-state index contributed by atoms with van der Waals surface area (Å²) in [6, 6.07) is 15.9. The average molecular weight is 396 g/mol. The van der Waals surface area contributed by atoms with Gasteiger partial charge in [0.1, 0.15) is 0 Å². The molecule has 142 valence electrons. The predicted octanol–water partition coefficient (Wildman–Crippen LogP) is 3.84. The summed E-state index contributed by atoms with van der Waals surface area (Å²) in [5.74, 6) is -0.378. The Morgan fingerprint density at radius 2 is 1.86 bits per heavy atom. The number of benzene rings is 2. The number of amides is 2. The van der Waals surface area contributed by atoms with E-state index in [0.717, 1.165) is 0 Å². The van der Waals surface area contributed by atoms with Gasteiger partial charge in [-0.25, -0.2) is 0 Å². The lowest BCUT2D eigenvalue weighted by atomic mass is 9.95. The number of halogens is 1. The summed E-state index contributed by atoms with van der Waals surface area (Å²) < 4.78 is 5.08. The van der Waals surface area contributed by atoms with Gasteiger partial charge in [-0.05, 0) is 47.9 Å². The first-order chi connectivity index (χ1) is 13.6. The second-order valence-electron chi connectivity index (χ2n) is 6.52. The summed E-state index contributed by atoms with van der Waals surface area (Å²) in [6.07, 6.45) is 2.04. The number of hydrogen-bond donors (Lipinski definition) is 3. The molecule has 2 amide bonds. The highest BCUT2D eigenvalue weighted by molar-refractivity contribution is 6.34. The molecule has 0 spiro atoms. The lowest BCUT2D eigenvalue weighted by Gasteiger charge is -2.25. The van der Waals surface area contributed by atoms with Crippen LogP contribution in [0.3, 0.4) is 0 Å². The second-order valence-corrected chi connectivity index (χ2v) is 6.93. The molecule has 0 fully saturated rings. The molecule has 2 heterocycles. The Bertz CT molecular complexity index is 1020. The first-order valence-electron chi connectivity index (χ1n) is 8.85. The number of nitrogens with one attached hydrogen (secondary N) is 3. The third-order valence-electron chi connectivity index (χ3n) is 4.62. The largest absolute Gasteiger partial charge is 0.459 e. The van der Waals surface area contributed by atoms with Crippen molar-refractivity contribution in [3.63, 3.8) is 0 Å². The van der Waals surface area contributed by atoms with E-state index in [4.69, 9.17) is 16.0 Å². The van der Waals surface area contributed by atoms with Crippen molar-refractivity contribution in [3.8, 4) is 0 Å². The predicted molar refractivity (Wildman–Crippen MR) is 108 cm³/mol. The van der Waals surface area contributed by atoms with E-state index in [0.29, 0.717) is 29.4 Å². The highest BCUT2D eigenvalue weighted by atomic mass is 35.5. The van der Waals surface area contributed by atoms with Gasteiger partial charge >= 0.3 is 0 Å². The van der Waals surface area contributed by atoms with Gasteiger partial charge in [0.15, 0.2) is 5.76 Å². The average Bonchev–Trinajstić information content (AvgIpc) is 3.25. The minimum atomic E-state index is -0.416. The normalized spacial score (nSPS) is 15.5. The van der Waals surface area contributed by atoms with Crippen LogP contribution in [0, 0.1) is 0 Å². The van der Waals surface area contributed by atoms with Crippen molar-refractivity contribution in [2.75, 3.05) is 10.6 Å². The molecule has 0 unspecified atom stereocenters. The number of rotatable bonds is 4. The smallest absolute Gasteiger partial charge is 0.291 e. The SMILES string of the molecule is O=C(Nc1cc(NC(=O)[C@H]2Cc3ccccc3CN2)ccc1Cl)c1ccco1. The molecule has 1 atom stereocenters. The number of fused-ring (bicyclic) bond motifs is 1. The van der Waals surface area contributed by atoms with Crippen LogP contribution in [-0.4, -0.2) is 17.9 Å². The second kappa shape index (κ2) is 7.88. The monoisotopic (exact) mass is 395 g/mol. The van der Waals surface area contributed by atoms with Crippen LogP contribution in [0.2, 0.25) is 5.02 Å². The molecule has 0 saturated carbocycles. The zero-order chi connectivity index (χ0) is 19.5. The molecule has 3 N–H and O–H groups in total. The van der Waals surface area contributed by atoms with Crippen molar-refractivity contribution in [2.24, 2.45) is 0 Å². The fraction of sp³-hybridized carbons (Fsp3) is 0.143. The van der Waals surface area contributed by atoms with Gasteiger partial charge in [-0.15, -0.1) is 0 Å². The van der Waals surface area contributed by atoms with Crippen LogP contribution in [0.25, 0.3) is 0 Å². The number of anilines is 2. The molecule has 0 aliphatic carbocycles. The van der Waals surface area contributed by atoms with Crippen LogP contribution in [-0.2, 0) is 17.8 Å². The van der Waals surface area contributed by atoms with Gasteiger partial charge in [0, 0.05) is 12.2 Å². The Morgan fingerprint density at radius 1 is 1.04 bits per heavy atom. The third kappa shape index (κ3) is 3.93. The number of carbonyl (C=O) groups is 2. The highest BCUT2D eigenvalue weighted by Gasteiger charge is 2.24. The summed E-state index contributed by atoms with van der Waals surface area (Å²) in [5.41, 5.74) is 3.32. The Labute approximate surface area is 166 Å². The van der Waals surface area contributed by atoms with E-state index >= 15 is 0 Å². The first-order valence-corrected chi connectivity index (χ1v) is 9.23. The van der Waals surface area contributed by atoms with Crippen molar-refractivity contribution in [1.29, 1.82) is 0 Å². The molecule has 28 heavy (non-hydrogen) atoms. The Hall–Kier alpha value is -3.09. The molecule has 1 aliphatic heterocycles. The van der Waals surface area contributed by atoms with Crippen LogP contribution in [0.4, 0.5) is 11.4 Å². The molecule has 1 aliphatic rings. The molecule has 2 aromatic carbocycles. The van der Waals surface area contributed by atoms with Crippen LogP contribution in [0.1, 0.15) is 21.7 Å². The molecule has 4 rings (SSSR count). The lowest BCUT2D eigenvalue weighted by Crippen LogP contribution is -2.44. The molecular formula is C21H18ClN3O3. The van der Waals surface area contributed by atoms with Crippen LogP contribution in [0.5, 0.6) is 0 Å². The third-order valence-corrected chi connectivity index (χ3v) is 4.95. The van der Waals surface area contributed by atoms with E-state index in [9.17, 15) is 9.59 Å². The Morgan fingerprint density at radius 3 is 2.64 bits per heavy atom. The number of carbonyl (C=O) groups excluding carboxylic acids is 2. The molecule has 7 heteroatoms. The van der Waals surface area contributed by atoms with Gasteiger partial charge in [0.2, 0.25) is 5.91 Å². The molecule has 3 aromatic rings. The number of hydrogen-bond acceptors (Lipinski definition) is 4. The van der Waals surface area contributed by atoms with E-state index in [1.54, 1.807) is 30.3 Å². The minimum absolute atomic E-state index is 0.139. The van der Waals surface area contributed by atoms with Gasteiger partial charge in [0.25, 0.3) is 5.91 Å². The summed E-state index contributed by atoms with van der Waals surface area (Å²) in [5, 5.41) is 9.19. The van der Waals surface area contributed by atoms with Gasteiger partial charge in [-0.3, -0.25) is 9.59 Å². The van der Waals surface area contributed by atoms with Gasteiger partial charge in [0.05, 0.1) is 23.0 Å². The van der Waals surface area contributed by atoms with Crippen LogP contribution < -0.4 is 16.0 Å². The molecule has 0 bridgehead atoms. The first kappa shape index (κ1) is 18.3. The van der Waals surface area contributed by atoms with Crippen molar-refractivity contribution in [3.05, 3.63) is 82.8 Å². The zero-order valence-corrected chi connectivity index (χ0v) is 15.6. The topological polar surface area (TPSA) is 83.4 Å². The van der Waals surface area contributed by atoms with Gasteiger partial charge in [-0.2, -0.15) is 0 Å². The lowest BCUT2D eigenvalue weighted by molar-refractivity contribution is -0.118. The summed E-state index contributed by atoms with van der Waals surface area (Å²) >= 11 is 6.17. The van der Waals surface area contributed by atoms with Crippen molar-refractivity contribution < 1.29 is 14.0 Å². The van der Waals surface area contributed by atoms with Gasteiger partial charge < -0.3 is 20.4 Å². The van der Waals surface area contributed by atoms with E-state index in [1.807, 2.05) is 18.2 Å². The number of furan rings is 1. The summed E-state index contributed by atoms with van der Waals surface area (Å²) in [6.45, 7) is 0.652. The Kier molecular flexibility index (Phi) is 5.14. The van der Waals surface area contributed by atoms with Crippen LogP contribution in [0.15, 0.2) is 65.3 Å². The van der Waals surface area contributed by atoms with E-state index in [2.05, 4.69) is 22.0 Å². The summed E-state index contributed by atoms with van der Waals surface area (Å²) in [4.78, 5) is 24.8. The summed E-state index contributed by atoms with van der Waals surface area (Å²) in [7, 11) is 0. The zero-order valence-electron chi connectivity index (χ0n) is 14.9.